The van der Waals surface area contributed by atoms with E-state index in [0.717, 1.165) is 47.8 Å². The van der Waals surface area contributed by atoms with E-state index in [9.17, 15) is 9.59 Å². The number of hydrogen-bond donors (Lipinski definition) is 0. The average Bonchev–Trinajstić information content (AvgIpc) is 3.24. The molecule has 1 aromatic carbocycles. The summed E-state index contributed by atoms with van der Waals surface area (Å²) in [5, 5.41) is 0. The van der Waals surface area contributed by atoms with Gasteiger partial charge in [0.2, 0.25) is 11.8 Å². The first-order valence-electron chi connectivity index (χ1n) is 10.0. The molecule has 1 saturated heterocycles. The van der Waals surface area contributed by atoms with Gasteiger partial charge in [-0.25, -0.2) is 9.97 Å². The molecule has 0 aliphatic carbocycles. The number of methoxy groups -OCH3 is 1. The number of carbonyl (C=O) groups is 2. The zero-order valence-corrected chi connectivity index (χ0v) is 16.9. The highest BCUT2D eigenvalue weighted by Gasteiger charge is 2.29. The largest absolute Gasteiger partial charge is 0.497 e. The quantitative estimate of drug-likeness (QED) is 0.792. The summed E-state index contributed by atoms with van der Waals surface area (Å²) in [6.45, 7) is 4.28. The molecule has 1 aromatic heterocycles. The van der Waals surface area contributed by atoms with Crippen molar-refractivity contribution in [2.24, 2.45) is 0 Å². The monoisotopic (exact) mass is 394 g/mol. The van der Waals surface area contributed by atoms with Crippen LogP contribution >= 0.6 is 0 Å². The number of benzene rings is 1. The third kappa shape index (κ3) is 4.23. The number of nitrogens with zero attached hydrogens (tertiary/aromatic N) is 4. The van der Waals surface area contributed by atoms with Gasteiger partial charge in [0.25, 0.3) is 0 Å². The van der Waals surface area contributed by atoms with Gasteiger partial charge in [0.15, 0.2) is 0 Å². The molecular weight excluding hydrogens is 368 g/mol. The van der Waals surface area contributed by atoms with E-state index in [-0.39, 0.29) is 17.7 Å². The van der Waals surface area contributed by atoms with Gasteiger partial charge >= 0.3 is 0 Å². The molecule has 0 saturated carbocycles. The Labute approximate surface area is 170 Å². The molecule has 2 aliphatic heterocycles. The summed E-state index contributed by atoms with van der Waals surface area (Å²) in [5.41, 5.74) is 2.99. The molecule has 2 amide bonds. The molecule has 0 unspecified atom stereocenters. The zero-order chi connectivity index (χ0) is 20.4. The van der Waals surface area contributed by atoms with E-state index in [1.54, 1.807) is 14.0 Å². The molecule has 2 aromatic rings. The molecule has 0 radical (unpaired) electrons. The van der Waals surface area contributed by atoms with E-state index in [1.165, 1.54) is 0 Å². The van der Waals surface area contributed by atoms with Crippen LogP contribution in [0.1, 0.15) is 41.9 Å². The van der Waals surface area contributed by atoms with E-state index in [1.807, 2.05) is 40.3 Å². The first-order chi connectivity index (χ1) is 14.0. The second-order valence-corrected chi connectivity index (χ2v) is 7.74. The van der Waals surface area contributed by atoms with Crippen LogP contribution in [0.2, 0.25) is 0 Å². The number of carbonyl (C=O) groups excluding carboxylic acids is 2. The summed E-state index contributed by atoms with van der Waals surface area (Å²) in [6.07, 6.45) is 3.86. The Kier molecular flexibility index (Phi) is 5.47. The number of hydrogen-bond acceptors (Lipinski definition) is 5. The molecule has 0 bridgehead atoms. The van der Waals surface area contributed by atoms with Crippen molar-refractivity contribution in [3.63, 3.8) is 0 Å². The molecule has 1 atom stereocenters. The zero-order valence-electron chi connectivity index (χ0n) is 16.9. The van der Waals surface area contributed by atoms with Crippen molar-refractivity contribution in [1.29, 1.82) is 0 Å². The Hall–Kier alpha value is -2.96. The average molecular weight is 394 g/mol. The molecule has 1 fully saturated rings. The highest BCUT2D eigenvalue weighted by Crippen LogP contribution is 2.26. The Morgan fingerprint density at radius 3 is 2.86 bits per heavy atom. The predicted molar refractivity (Wildman–Crippen MR) is 107 cm³/mol. The van der Waals surface area contributed by atoms with Gasteiger partial charge in [-0.2, -0.15) is 0 Å². The smallest absolute Gasteiger partial charge is 0.227 e. The maximum atomic E-state index is 12.8. The van der Waals surface area contributed by atoms with Crippen LogP contribution in [-0.4, -0.2) is 58.3 Å². The van der Waals surface area contributed by atoms with Crippen molar-refractivity contribution in [2.45, 2.75) is 38.6 Å². The van der Waals surface area contributed by atoms with Crippen LogP contribution < -0.4 is 4.74 Å². The van der Waals surface area contributed by atoms with E-state index < -0.39 is 0 Å². The highest BCUT2D eigenvalue weighted by molar-refractivity contribution is 5.79. The number of aromatic nitrogens is 2. The van der Waals surface area contributed by atoms with Crippen LogP contribution in [0.5, 0.6) is 5.75 Å². The molecule has 2 aliphatic rings. The van der Waals surface area contributed by atoms with E-state index in [2.05, 4.69) is 4.98 Å². The lowest BCUT2D eigenvalue weighted by Gasteiger charge is -2.28. The topological polar surface area (TPSA) is 75.6 Å². The van der Waals surface area contributed by atoms with Gasteiger partial charge in [-0.05, 0) is 24.1 Å². The standard InChI is InChI=1S/C22H26N4O3/c1-15(27)25-8-6-17(13-25)22-23-12-18-14-26(9-7-20(18)24-22)21(28)11-16-4-3-5-19(10-16)29-2/h3-5,10,12,17H,6-9,11,13-14H2,1-2H3/t17-/m0/s1. The summed E-state index contributed by atoms with van der Waals surface area (Å²) >= 11 is 0. The maximum Gasteiger partial charge on any atom is 0.227 e. The van der Waals surface area contributed by atoms with Crippen LogP contribution in [0, 0.1) is 0 Å². The fourth-order valence-electron chi connectivity index (χ4n) is 4.07. The van der Waals surface area contributed by atoms with E-state index in [4.69, 9.17) is 9.72 Å². The van der Waals surface area contributed by atoms with E-state index in [0.29, 0.717) is 26.1 Å². The van der Waals surface area contributed by atoms with Crippen molar-refractivity contribution in [1.82, 2.24) is 19.8 Å². The summed E-state index contributed by atoms with van der Waals surface area (Å²) in [7, 11) is 1.62. The Bertz CT molecular complexity index is 930. The number of amides is 2. The Morgan fingerprint density at radius 1 is 1.24 bits per heavy atom. The molecule has 152 valence electrons. The van der Waals surface area contributed by atoms with Gasteiger partial charge in [-0.1, -0.05) is 12.1 Å². The summed E-state index contributed by atoms with van der Waals surface area (Å²) < 4.78 is 5.24. The fourth-order valence-corrected chi connectivity index (χ4v) is 4.07. The summed E-state index contributed by atoms with van der Waals surface area (Å²) in [6, 6.07) is 7.62. The number of likely N-dealkylation sites (tertiary alicyclic amines) is 1. The minimum atomic E-state index is 0.0980. The lowest BCUT2D eigenvalue weighted by molar-refractivity contribution is -0.131. The van der Waals surface area contributed by atoms with Gasteiger partial charge in [0.05, 0.1) is 19.2 Å². The predicted octanol–water partition coefficient (Wildman–Crippen LogP) is 1.95. The molecule has 7 heteroatoms. The van der Waals surface area contributed by atoms with Gasteiger partial charge in [-0.15, -0.1) is 0 Å². The van der Waals surface area contributed by atoms with Crippen molar-refractivity contribution < 1.29 is 14.3 Å². The summed E-state index contributed by atoms with van der Waals surface area (Å²) in [4.78, 5) is 37.4. The van der Waals surface area contributed by atoms with Crippen LogP contribution in [0.3, 0.4) is 0 Å². The highest BCUT2D eigenvalue weighted by atomic mass is 16.5. The SMILES string of the molecule is COc1cccc(CC(=O)N2CCc3nc([C@H]4CCN(C(C)=O)C4)ncc3C2)c1. The molecule has 0 spiro atoms. The second kappa shape index (κ2) is 8.19. The first-order valence-corrected chi connectivity index (χ1v) is 10.0. The maximum absolute atomic E-state index is 12.8. The van der Waals surface area contributed by atoms with Crippen LogP contribution in [-0.2, 0) is 29.0 Å². The summed E-state index contributed by atoms with van der Waals surface area (Å²) in [5.74, 6) is 1.99. The van der Waals surface area contributed by atoms with Crippen molar-refractivity contribution >= 4 is 11.8 Å². The Morgan fingerprint density at radius 2 is 2.10 bits per heavy atom. The third-order valence-electron chi connectivity index (χ3n) is 5.79. The third-order valence-corrected chi connectivity index (χ3v) is 5.79. The molecule has 7 nitrogen and oxygen atoms in total. The lowest BCUT2D eigenvalue weighted by atomic mass is 10.0. The van der Waals surface area contributed by atoms with Gasteiger partial charge in [0, 0.05) is 57.2 Å². The van der Waals surface area contributed by atoms with Gasteiger partial charge in [-0.3, -0.25) is 9.59 Å². The van der Waals surface area contributed by atoms with Crippen molar-refractivity contribution in [2.75, 3.05) is 26.7 Å². The molecule has 29 heavy (non-hydrogen) atoms. The minimum absolute atomic E-state index is 0.0980. The van der Waals surface area contributed by atoms with Crippen molar-refractivity contribution in [3.8, 4) is 5.75 Å². The van der Waals surface area contributed by atoms with Crippen molar-refractivity contribution in [3.05, 3.63) is 53.1 Å². The minimum Gasteiger partial charge on any atom is -0.497 e. The van der Waals surface area contributed by atoms with E-state index >= 15 is 0 Å². The van der Waals surface area contributed by atoms with Gasteiger partial charge < -0.3 is 14.5 Å². The van der Waals surface area contributed by atoms with Crippen LogP contribution in [0.15, 0.2) is 30.5 Å². The lowest BCUT2D eigenvalue weighted by Crippen LogP contribution is -2.37. The first kappa shape index (κ1) is 19.4. The van der Waals surface area contributed by atoms with Crippen LogP contribution in [0.4, 0.5) is 0 Å². The van der Waals surface area contributed by atoms with Crippen LogP contribution in [0.25, 0.3) is 0 Å². The molecular formula is C22H26N4O3. The molecule has 0 N–H and O–H groups in total. The number of rotatable bonds is 4. The molecule has 3 heterocycles. The number of ether oxygens (including phenoxy) is 1. The van der Waals surface area contributed by atoms with Gasteiger partial charge in [0.1, 0.15) is 11.6 Å². The number of fused-ring (bicyclic) bond motifs is 1. The fraction of sp³-hybridized carbons (Fsp3) is 0.455. The molecule has 4 rings (SSSR count). The Balaban J connectivity index is 1.41. The normalized spacial score (nSPS) is 18.5. The second-order valence-electron chi connectivity index (χ2n) is 7.74.